The van der Waals surface area contributed by atoms with Crippen molar-refractivity contribution in [2.45, 2.75) is 45.3 Å². The zero-order valence-corrected chi connectivity index (χ0v) is 15.7. The van der Waals surface area contributed by atoms with E-state index in [1.807, 2.05) is 24.6 Å². The Labute approximate surface area is 158 Å². The first kappa shape index (κ1) is 17.8. The zero-order valence-electron chi connectivity index (χ0n) is 15.7. The van der Waals surface area contributed by atoms with Gasteiger partial charge in [0, 0.05) is 25.7 Å². The van der Waals surface area contributed by atoms with Crippen molar-refractivity contribution in [3.63, 3.8) is 0 Å². The molecule has 1 fully saturated rings. The monoisotopic (exact) mass is 371 g/mol. The first-order valence-corrected chi connectivity index (χ1v) is 9.42. The Balaban J connectivity index is 1.31. The number of amides is 1. The molecule has 0 saturated carbocycles. The van der Waals surface area contributed by atoms with Crippen molar-refractivity contribution in [1.82, 2.24) is 25.2 Å². The summed E-state index contributed by atoms with van der Waals surface area (Å²) in [6.07, 6.45) is 3.73. The highest BCUT2D eigenvalue weighted by Crippen LogP contribution is 2.33. The Morgan fingerprint density at radius 2 is 2.04 bits per heavy atom. The normalized spacial score (nSPS) is 17.4. The van der Waals surface area contributed by atoms with Crippen LogP contribution in [-0.2, 0) is 6.54 Å². The second-order valence-electron chi connectivity index (χ2n) is 7.41. The van der Waals surface area contributed by atoms with Crippen LogP contribution in [0.3, 0.4) is 0 Å². The van der Waals surface area contributed by atoms with E-state index < -0.39 is 0 Å². The van der Waals surface area contributed by atoms with Crippen molar-refractivity contribution in [3.8, 4) is 11.5 Å². The molecule has 144 valence electrons. The van der Waals surface area contributed by atoms with Gasteiger partial charge in [0.1, 0.15) is 0 Å². The van der Waals surface area contributed by atoms with Crippen molar-refractivity contribution in [2.75, 3.05) is 19.9 Å². The van der Waals surface area contributed by atoms with Gasteiger partial charge in [0.05, 0.1) is 12.2 Å². The van der Waals surface area contributed by atoms with Gasteiger partial charge < -0.3 is 14.8 Å². The Kier molecular flexibility index (Phi) is 4.98. The quantitative estimate of drug-likeness (QED) is 0.866. The third-order valence-corrected chi connectivity index (χ3v) is 4.94. The maximum absolute atomic E-state index is 12.0. The average Bonchev–Trinajstić information content (AvgIpc) is 3.31. The van der Waals surface area contributed by atoms with Gasteiger partial charge in [0.15, 0.2) is 17.2 Å². The Morgan fingerprint density at radius 1 is 1.26 bits per heavy atom. The van der Waals surface area contributed by atoms with Crippen LogP contribution < -0.4 is 14.8 Å². The van der Waals surface area contributed by atoms with Crippen molar-refractivity contribution < 1.29 is 14.3 Å². The summed E-state index contributed by atoms with van der Waals surface area (Å²) in [6.45, 7) is 7.01. The number of carbonyl (C=O) groups excluding carboxylic acids is 1. The van der Waals surface area contributed by atoms with Gasteiger partial charge in [-0.25, -0.2) is 4.68 Å². The molecule has 0 radical (unpaired) electrons. The van der Waals surface area contributed by atoms with Gasteiger partial charge in [-0.05, 0) is 44.4 Å². The van der Waals surface area contributed by atoms with Crippen LogP contribution in [0.2, 0.25) is 0 Å². The fourth-order valence-corrected chi connectivity index (χ4v) is 3.53. The number of fused-ring (bicyclic) bond motifs is 1. The van der Waals surface area contributed by atoms with E-state index in [0.29, 0.717) is 12.5 Å². The molecule has 1 aromatic heterocycles. The largest absolute Gasteiger partial charge is 0.454 e. The summed E-state index contributed by atoms with van der Waals surface area (Å²) >= 11 is 0. The molecule has 8 nitrogen and oxygen atoms in total. The van der Waals surface area contributed by atoms with Crippen LogP contribution in [0.1, 0.15) is 48.8 Å². The molecule has 1 aromatic carbocycles. The lowest BCUT2D eigenvalue weighted by atomic mass is 10.0. The Hall–Kier alpha value is -2.61. The van der Waals surface area contributed by atoms with Crippen LogP contribution in [0.4, 0.5) is 0 Å². The minimum absolute atomic E-state index is 0.0852. The molecule has 4 rings (SSSR count). The minimum atomic E-state index is -0.170. The van der Waals surface area contributed by atoms with Crippen LogP contribution in [0.5, 0.6) is 11.5 Å². The van der Waals surface area contributed by atoms with Crippen LogP contribution in [-0.4, -0.2) is 51.7 Å². The Morgan fingerprint density at radius 3 is 2.81 bits per heavy atom. The second-order valence-corrected chi connectivity index (χ2v) is 7.41. The third-order valence-electron chi connectivity index (χ3n) is 4.94. The second kappa shape index (κ2) is 7.56. The van der Waals surface area contributed by atoms with E-state index in [2.05, 4.69) is 32.7 Å². The van der Waals surface area contributed by atoms with Crippen LogP contribution >= 0.6 is 0 Å². The minimum Gasteiger partial charge on any atom is -0.454 e. The smallest absolute Gasteiger partial charge is 0.273 e. The lowest BCUT2D eigenvalue weighted by Gasteiger charge is -2.31. The molecule has 0 bridgehead atoms. The maximum atomic E-state index is 12.0. The van der Waals surface area contributed by atoms with Gasteiger partial charge in [-0.1, -0.05) is 11.3 Å². The molecule has 0 spiro atoms. The third kappa shape index (κ3) is 4.05. The highest BCUT2D eigenvalue weighted by molar-refractivity contribution is 5.91. The van der Waals surface area contributed by atoms with Gasteiger partial charge in [-0.3, -0.25) is 9.69 Å². The molecule has 2 aliphatic rings. The fraction of sp³-hybridized carbons (Fsp3) is 0.526. The highest BCUT2D eigenvalue weighted by atomic mass is 16.7. The lowest BCUT2D eigenvalue weighted by molar-refractivity contribution is 0.0938. The summed E-state index contributed by atoms with van der Waals surface area (Å²) in [5.74, 6) is 1.48. The Bertz CT molecular complexity index is 811. The van der Waals surface area contributed by atoms with Crippen LogP contribution in [0.25, 0.3) is 0 Å². The van der Waals surface area contributed by atoms with Crippen molar-refractivity contribution in [2.24, 2.45) is 0 Å². The first-order valence-electron chi connectivity index (χ1n) is 9.42. The number of nitrogens with one attached hydrogen (secondary N) is 1. The summed E-state index contributed by atoms with van der Waals surface area (Å²) in [5, 5.41) is 11.0. The zero-order chi connectivity index (χ0) is 18.8. The van der Waals surface area contributed by atoms with E-state index in [0.717, 1.165) is 44.0 Å². The predicted octanol–water partition coefficient (Wildman–Crippen LogP) is 1.98. The van der Waals surface area contributed by atoms with E-state index in [4.69, 9.17) is 9.47 Å². The molecule has 2 aromatic rings. The summed E-state index contributed by atoms with van der Waals surface area (Å²) in [5.41, 5.74) is 1.61. The number of piperidine rings is 1. The molecule has 0 unspecified atom stereocenters. The standard InChI is InChI=1S/C19H25N5O3/c1-13(2)20-19(25)16-11-24(22-21-16)15-5-7-23(8-6-15)10-14-3-4-17-18(9-14)27-12-26-17/h3-4,9,11,13,15H,5-8,10,12H2,1-2H3,(H,20,25). The summed E-state index contributed by atoms with van der Waals surface area (Å²) in [6, 6.07) is 6.50. The van der Waals surface area contributed by atoms with E-state index in [1.165, 1.54) is 5.56 Å². The summed E-state index contributed by atoms with van der Waals surface area (Å²) in [7, 11) is 0. The topological polar surface area (TPSA) is 81.5 Å². The van der Waals surface area contributed by atoms with Gasteiger partial charge in [-0.15, -0.1) is 5.10 Å². The van der Waals surface area contributed by atoms with Crippen molar-refractivity contribution >= 4 is 5.91 Å². The fourth-order valence-electron chi connectivity index (χ4n) is 3.53. The molecule has 8 heteroatoms. The van der Waals surface area contributed by atoms with E-state index >= 15 is 0 Å². The predicted molar refractivity (Wildman–Crippen MR) is 98.7 cm³/mol. The maximum Gasteiger partial charge on any atom is 0.273 e. The number of nitrogens with zero attached hydrogens (tertiary/aromatic N) is 4. The molecule has 0 aliphatic carbocycles. The number of aromatic nitrogens is 3. The van der Waals surface area contributed by atoms with Gasteiger partial charge in [0.2, 0.25) is 6.79 Å². The van der Waals surface area contributed by atoms with Gasteiger partial charge in [0.25, 0.3) is 5.91 Å². The van der Waals surface area contributed by atoms with Crippen molar-refractivity contribution in [1.29, 1.82) is 0 Å². The molecule has 2 aliphatic heterocycles. The average molecular weight is 371 g/mol. The number of hydrogen-bond donors (Lipinski definition) is 1. The summed E-state index contributed by atoms with van der Waals surface area (Å²) < 4.78 is 12.7. The molecule has 1 N–H and O–H groups in total. The van der Waals surface area contributed by atoms with E-state index in [-0.39, 0.29) is 18.0 Å². The number of likely N-dealkylation sites (tertiary alicyclic amines) is 1. The number of carbonyl (C=O) groups is 1. The molecule has 1 amide bonds. The van der Waals surface area contributed by atoms with Gasteiger partial charge >= 0.3 is 0 Å². The van der Waals surface area contributed by atoms with Crippen LogP contribution in [0, 0.1) is 0 Å². The first-order chi connectivity index (χ1) is 13.1. The molecular formula is C19H25N5O3. The number of hydrogen-bond acceptors (Lipinski definition) is 6. The van der Waals surface area contributed by atoms with Crippen LogP contribution in [0.15, 0.2) is 24.4 Å². The van der Waals surface area contributed by atoms with Crippen molar-refractivity contribution in [3.05, 3.63) is 35.7 Å². The SMILES string of the molecule is CC(C)NC(=O)c1cn(C2CCN(Cc3ccc4c(c3)OCO4)CC2)nn1. The number of benzene rings is 1. The number of ether oxygens (including phenoxy) is 2. The van der Waals surface area contributed by atoms with Gasteiger partial charge in [-0.2, -0.15) is 0 Å². The molecule has 3 heterocycles. The van der Waals surface area contributed by atoms with E-state index in [9.17, 15) is 4.79 Å². The molecule has 27 heavy (non-hydrogen) atoms. The van der Waals surface area contributed by atoms with E-state index in [1.54, 1.807) is 6.20 Å². The number of rotatable bonds is 5. The highest BCUT2D eigenvalue weighted by Gasteiger charge is 2.23. The lowest BCUT2D eigenvalue weighted by Crippen LogP contribution is -2.34. The molecular weight excluding hydrogens is 346 g/mol. The summed E-state index contributed by atoms with van der Waals surface area (Å²) in [4.78, 5) is 14.5. The molecule has 1 saturated heterocycles. The molecule has 0 atom stereocenters.